The summed E-state index contributed by atoms with van der Waals surface area (Å²) in [6, 6.07) is 7.15. The third-order valence-electron chi connectivity index (χ3n) is 4.72. The number of rotatable bonds is 7. The molecular weight excluding hydrogens is 356 g/mol. The molecule has 7 nitrogen and oxygen atoms in total. The Labute approximate surface area is 154 Å². The smallest absolute Gasteiger partial charge is 0.224 e. The number of carbonyl (C=O) groups excluding carboxylic acids is 2. The van der Waals surface area contributed by atoms with Crippen LogP contribution in [-0.2, 0) is 26.0 Å². The Bertz CT molecular complexity index is 745. The molecule has 8 heteroatoms. The molecule has 0 bridgehead atoms. The van der Waals surface area contributed by atoms with Crippen LogP contribution in [0.3, 0.4) is 0 Å². The van der Waals surface area contributed by atoms with Gasteiger partial charge in [0.1, 0.15) is 5.75 Å². The predicted molar refractivity (Wildman–Crippen MR) is 98.5 cm³/mol. The predicted octanol–water partition coefficient (Wildman–Crippen LogP) is 1.08. The van der Waals surface area contributed by atoms with Crippen LogP contribution in [-0.4, -0.2) is 68.3 Å². The molecule has 1 fully saturated rings. The molecule has 1 aromatic carbocycles. The van der Waals surface area contributed by atoms with Gasteiger partial charge in [0, 0.05) is 39.5 Å². The van der Waals surface area contributed by atoms with Gasteiger partial charge >= 0.3 is 0 Å². The van der Waals surface area contributed by atoms with E-state index >= 15 is 0 Å². The fourth-order valence-corrected chi connectivity index (χ4v) is 4.76. The van der Waals surface area contributed by atoms with Gasteiger partial charge in [-0.3, -0.25) is 9.59 Å². The molecule has 144 valence electrons. The van der Waals surface area contributed by atoms with Crippen LogP contribution in [0.5, 0.6) is 5.75 Å². The molecule has 1 heterocycles. The SMILES string of the molecule is COc1ccc(CN(CCC(=O)N(C)C2CCS(=O)(=O)C2)C(C)=O)cc1. The van der Waals surface area contributed by atoms with E-state index in [1.165, 1.54) is 11.8 Å². The number of hydrogen-bond donors (Lipinski definition) is 0. The summed E-state index contributed by atoms with van der Waals surface area (Å²) in [5.74, 6) is 0.642. The van der Waals surface area contributed by atoms with Crippen LogP contribution in [0.1, 0.15) is 25.3 Å². The van der Waals surface area contributed by atoms with Crippen molar-refractivity contribution in [2.24, 2.45) is 0 Å². The highest BCUT2D eigenvalue weighted by atomic mass is 32.2. The van der Waals surface area contributed by atoms with E-state index in [2.05, 4.69) is 0 Å². The van der Waals surface area contributed by atoms with Gasteiger partial charge in [0.2, 0.25) is 11.8 Å². The van der Waals surface area contributed by atoms with Gasteiger partial charge in [0.05, 0.1) is 18.6 Å². The van der Waals surface area contributed by atoms with E-state index in [0.29, 0.717) is 19.5 Å². The Morgan fingerprint density at radius 1 is 1.23 bits per heavy atom. The van der Waals surface area contributed by atoms with Crippen LogP contribution in [0.4, 0.5) is 0 Å². The Morgan fingerprint density at radius 2 is 1.88 bits per heavy atom. The fraction of sp³-hybridized carbons (Fsp3) is 0.556. The minimum absolute atomic E-state index is 0.0253. The molecule has 0 saturated carbocycles. The molecule has 1 aliphatic heterocycles. The van der Waals surface area contributed by atoms with Crippen molar-refractivity contribution < 1.29 is 22.7 Å². The second kappa shape index (κ2) is 8.53. The summed E-state index contributed by atoms with van der Waals surface area (Å²) < 4.78 is 28.3. The van der Waals surface area contributed by atoms with E-state index in [0.717, 1.165) is 11.3 Å². The first-order valence-electron chi connectivity index (χ1n) is 8.56. The largest absolute Gasteiger partial charge is 0.497 e. The van der Waals surface area contributed by atoms with Gasteiger partial charge in [-0.05, 0) is 24.1 Å². The lowest BCUT2D eigenvalue weighted by atomic mass is 10.2. The number of sulfone groups is 1. The van der Waals surface area contributed by atoms with Crippen molar-refractivity contribution in [1.29, 1.82) is 0 Å². The highest BCUT2D eigenvalue weighted by Gasteiger charge is 2.32. The van der Waals surface area contributed by atoms with Crippen LogP contribution >= 0.6 is 0 Å². The van der Waals surface area contributed by atoms with E-state index in [9.17, 15) is 18.0 Å². The number of benzene rings is 1. The Balaban J connectivity index is 1.90. The van der Waals surface area contributed by atoms with Gasteiger partial charge in [0.15, 0.2) is 9.84 Å². The summed E-state index contributed by atoms with van der Waals surface area (Å²) in [5.41, 5.74) is 0.948. The van der Waals surface area contributed by atoms with Crippen LogP contribution in [0.25, 0.3) is 0 Å². The Hall–Kier alpha value is -2.09. The average Bonchev–Trinajstić information content (AvgIpc) is 2.97. The van der Waals surface area contributed by atoms with Crippen molar-refractivity contribution in [1.82, 2.24) is 9.80 Å². The lowest BCUT2D eigenvalue weighted by Gasteiger charge is -2.26. The van der Waals surface area contributed by atoms with E-state index < -0.39 is 9.84 Å². The molecule has 2 amide bonds. The van der Waals surface area contributed by atoms with Crippen molar-refractivity contribution in [2.75, 3.05) is 32.2 Å². The maximum Gasteiger partial charge on any atom is 0.224 e. The molecule has 26 heavy (non-hydrogen) atoms. The monoisotopic (exact) mass is 382 g/mol. The van der Waals surface area contributed by atoms with Crippen molar-refractivity contribution >= 4 is 21.7 Å². The number of amides is 2. The van der Waals surface area contributed by atoms with Crippen molar-refractivity contribution in [2.45, 2.75) is 32.4 Å². The highest BCUT2D eigenvalue weighted by molar-refractivity contribution is 7.91. The van der Waals surface area contributed by atoms with Gasteiger partial charge < -0.3 is 14.5 Å². The van der Waals surface area contributed by atoms with Gasteiger partial charge in [0.25, 0.3) is 0 Å². The molecule has 0 aliphatic carbocycles. The molecule has 1 saturated heterocycles. The first kappa shape index (κ1) is 20.2. The normalized spacial score (nSPS) is 18.3. The number of carbonyl (C=O) groups is 2. The minimum atomic E-state index is -3.03. The standard InChI is InChI=1S/C18H26N2O5S/c1-14(21)20(12-15-4-6-17(25-3)7-5-15)10-8-18(22)19(2)16-9-11-26(23,24)13-16/h4-7,16H,8-13H2,1-3H3. The van der Waals surface area contributed by atoms with Crippen LogP contribution in [0, 0.1) is 0 Å². The summed E-state index contributed by atoms with van der Waals surface area (Å²) in [6.07, 6.45) is 0.648. The van der Waals surface area contributed by atoms with Gasteiger partial charge in [-0.1, -0.05) is 12.1 Å². The number of nitrogens with zero attached hydrogens (tertiary/aromatic N) is 2. The van der Waals surface area contributed by atoms with Gasteiger partial charge in [-0.25, -0.2) is 8.42 Å². The highest BCUT2D eigenvalue weighted by Crippen LogP contribution is 2.18. The van der Waals surface area contributed by atoms with E-state index in [4.69, 9.17) is 4.74 Å². The molecule has 1 unspecified atom stereocenters. The zero-order valence-corrected chi connectivity index (χ0v) is 16.3. The summed E-state index contributed by atoms with van der Waals surface area (Å²) in [4.78, 5) is 27.4. The zero-order valence-electron chi connectivity index (χ0n) is 15.5. The quantitative estimate of drug-likeness (QED) is 0.705. The molecule has 1 aliphatic rings. The molecule has 1 atom stereocenters. The first-order valence-corrected chi connectivity index (χ1v) is 10.4. The second-order valence-corrected chi connectivity index (χ2v) is 8.83. The molecule has 0 spiro atoms. The summed E-state index contributed by atoms with van der Waals surface area (Å²) >= 11 is 0. The Morgan fingerprint density at radius 3 is 2.38 bits per heavy atom. The third kappa shape index (κ3) is 5.45. The third-order valence-corrected chi connectivity index (χ3v) is 6.47. The number of ether oxygens (including phenoxy) is 1. The molecule has 2 rings (SSSR count). The van der Waals surface area contributed by atoms with E-state index in [1.807, 2.05) is 24.3 Å². The summed E-state index contributed by atoms with van der Waals surface area (Å²) in [5, 5.41) is 0. The lowest BCUT2D eigenvalue weighted by molar-refractivity contribution is -0.134. The van der Waals surface area contributed by atoms with E-state index in [-0.39, 0.29) is 35.8 Å². The van der Waals surface area contributed by atoms with Crippen LogP contribution in [0.2, 0.25) is 0 Å². The molecular formula is C18H26N2O5S. The number of methoxy groups -OCH3 is 1. The van der Waals surface area contributed by atoms with Crippen LogP contribution < -0.4 is 4.74 Å². The second-order valence-electron chi connectivity index (χ2n) is 6.60. The average molecular weight is 382 g/mol. The summed E-state index contributed by atoms with van der Waals surface area (Å²) in [7, 11) is 0.192. The summed E-state index contributed by atoms with van der Waals surface area (Å²) in [6.45, 7) is 2.18. The number of hydrogen-bond acceptors (Lipinski definition) is 5. The van der Waals surface area contributed by atoms with Gasteiger partial charge in [-0.2, -0.15) is 0 Å². The molecule has 0 aromatic heterocycles. The first-order chi connectivity index (χ1) is 12.2. The Kier molecular flexibility index (Phi) is 6.63. The van der Waals surface area contributed by atoms with Crippen LogP contribution in [0.15, 0.2) is 24.3 Å². The maximum atomic E-state index is 12.4. The van der Waals surface area contributed by atoms with Crippen molar-refractivity contribution in [3.8, 4) is 5.75 Å². The zero-order chi connectivity index (χ0) is 19.3. The molecule has 0 N–H and O–H groups in total. The van der Waals surface area contributed by atoms with Gasteiger partial charge in [-0.15, -0.1) is 0 Å². The lowest BCUT2D eigenvalue weighted by Crippen LogP contribution is -2.40. The minimum Gasteiger partial charge on any atom is -0.497 e. The topological polar surface area (TPSA) is 84.0 Å². The molecule has 1 aromatic rings. The van der Waals surface area contributed by atoms with E-state index in [1.54, 1.807) is 19.1 Å². The van der Waals surface area contributed by atoms with Crippen molar-refractivity contribution in [3.05, 3.63) is 29.8 Å². The maximum absolute atomic E-state index is 12.4. The fourth-order valence-electron chi connectivity index (χ4n) is 2.99. The molecule has 0 radical (unpaired) electrons. The van der Waals surface area contributed by atoms with Crippen molar-refractivity contribution in [3.63, 3.8) is 0 Å².